The molecular weight excluding hydrogens is 435 g/mol. The summed E-state index contributed by atoms with van der Waals surface area (Å²) in [5.41, 5.74) is 2.96. The third-order valence-corrected chi connectivity index (χ3v) is 6.66. The molecule has 4 aromatic rings. The number of nitrogens with zero attached hydrogens (tertiary/aromatic N) is 1. The van der Waals surface area contributed by atoms with Crippen molar-refractivity contribution in [2.45, 2.75) is 17.2 Å². The Balaban J connectivity index is 1.45. The first kappa shape index (κ1) is 20.9. The van der Waals surface area contributed by atoms with Gasteiger partial charge in [0.2, 0.25) is 0 Å². The zero-order valence-corrected chi connectivity index (χ0v) is 18.5. The van der Waals surface area contributed by atoms with Crippen molar-refractivity contribution in [2.24, 2.45) is 0 Å². The quantitative estimate of drug-likeness (QED) is 0.316. The molecule has 0 aliphatic heterocycles. The van der Waals surface area contributed by atoms with Gasteiger partial charge in [-0.25, -0.2) is 0 Å². The lowest BCUT2D eigenvalue weighted by Gasteiger charge is -2.07. The fourth-order valence-electron chi connectivity index (χ4n) is 3.29. The smallest absolute Gasteiger partial charge is 0.251 e. The van der Waals surface area contributed by atoms with Crippen LogP contribution in [0, 0.1) is 0 Å². The molecule has 6 heteroatoms. The highest BCUT2D eigenvalue weighted by molar-refractivity contribution is 7.98. The number of aromatic nitrogens is 1. The molecule has 30 heavy (non-hydrogen) atoms. The van der Waals surface area contributed by atoms with Crippen LogP contribution in [0.1, 0.15) is 15.9 Å². The Morgan fingerprint density at radius 1 is 0.933 bits per heavy atom. The van der Waals surface area contributed by atoms with Crippen LogP contribution >= 0.6 is 35.0 Å². The molecule has 1 N–H and O–H groups in total. The average Bonchev–Trinajstić information content (AvgIpc) is 3.13. The van der Waals surface area contributed by atoms with E-state index in [0.717, 1.165) is 16.8 Å². The average molecular weight is 455 g/mol. The first-order chi connectivity index (χ1) is 14.6. The third-order valence-electron chi connectivity index (χ3n) is 4.80. The Morgan fingerprint density at radius 2 is 1.70 bits per heavy atom. The van der Waals surface area contributed by atoms with Crippen molar-refractivity contribution in [2.75, 3.05) is 6.54 Å². The van der Waals surface area contributed by atoms with E-state index < -0.39 is 0 Å². The maximum atomic E-state index is 12.3. The molecule has 0 aliphatic rings. The maximum absolute atomic E-state index is 12.3. The molecule has 152 valence electrons. The second-order valence-electron chi connectivity index (χ2n) is 6.86. The number of nitrogens with one attached hydrogen (secondary N) is 1. The zero-order valence-electron chi connectivity index (χ0n) is 16.1. The summed E-state index contributed by atoms with van der Waals surface area (Å²) in [6, 6.07) is 23.3. The van der Waals surface area contributed by atoms with Crippen molar-refractivity contribution < 1.29 is 4.79 Å². The second kappa shape index (κ2) is 9.61. The Hall–Kier alpha value is -2.40. The molecule has 3 nitrogen and oxygen atoms in total. The van der Waals surface area contributed by atoms with Gasteiger partial charge in [-0.15, -0.1) is 11.8 Å². The normalized spacial score (nSPS) is 11.0. The van der Waals surface area contributed by atoms with Gasteiger partial charge in [0, 0.05) is 46.4 Å². The summed E-state index contributed by atoms with van der Waals surface area (Å²) < 4.78 is 2.19. The molecule has 0 spiro atoms. The minimum atomic E-state index is -0.0544. The van der Waals surface area contributed by atoms with Crippen LogP contribution in [0.15, 0.2) is 83.9 Å². The second-order valence-corrected chi connectivity index (χ2v) is 8.69. The van der Waals surface area contributed by atoms with Gasteiger partial charge in [0.05, 0.1) is 10.0 Å². The van der Waals surface area contributed by atoms with Crippen LogP contribution in [0.4, 0.5) is 0 Å². The molecule has 4 rings (SSSR count). The number of fused-ring (bicyclic) bond motifs is 1. The Bertz CT molecular complexity index is 1170. The monoisotopic (exact) mass is 454 g/mol. The summed E-state index contributed by atoms with van der Waals surface area (Å²) in [7, 11) is 0. The molecule has 0 aliphatic carbocycles. The van der Waals surface area contributed by atoms with Crippen LogP contribution in [0.25, 0.3) is 10.9 Å². The van der Waals surface area contributed by atoms with Gasteiger partial charge in [-0.2, -0.15) is 0 Å². The molecule has 3 aromatic carbocycles. The van der Waals surface area contributed by atoms with Crippen molar-refractivity contribution in [3.05, 3.63) is 100 Å². The van der Waals surface area contributed by atoms with E-state index in [9.17, 15) is 4.79 Å². The summed E-state index contributed by atoms with van der Waals surface area (Å²) in [5, 5.41) is 5.35. The lowest BCUT2D eigenvalue weighted by Crippen LogP contribution is -2.26. The van der Waals surface area contributed by atoms with Gasteiger partial charge in [-0.05, 0) is 35.9 Å². The number of amides is 1. The highest BCUT2D eigenvalue weighted by Crippen LogP contribution is 2.33. The predicted octanol–water partition coefficient (Wildman–Crippen LogP) is 6.67. The molecule has 0 unspecified atom stereocenters. The van der Waals surface area contributed by atoms with Crippen LogP contribution in [0.5, 0.6) is 0 Å². The Labute approximate surface area is 190 Å². The minimum Gasteiger partial charge on any atom is -0.350 e. The summed E-state index contributed by atoms with van der Waals surface area (Å²) in [6.07, 6.45) is 2.15. The van der Waals surface area contributed by atoms with Gasteiger partial charge in [0.1, 0.15) is 0 Å². The van der Waals surface area contributed by atoms with Crippen LogP contribution < -0.4 is 5.32 Å². The van der Waals surface area contributed by atoms with E-state index in [1.54, 1.807) is 11.8 Å². The van der Waals surface area contributed by atoms with Gasteiger partial charge in [0.25, 0.3) is 5.91 Å². The summed E-state index contributed by atoms with van der Waals surface area (Å²) in [4.78, 5) is 13.5. The number of carbonyl (C=O) groups is 1. The molecule has 0 saturated heterocycles. The topological polar surface area (TPSA) is 34.0 Å². The fourth-order valence-corrected chi connectivity index (χ4v) is 4.64. The van der Waals surface area contributed by atoms with Gasteiger partial charge >= 0.3 is 0 Å². The summed E-state index contributed by atoms with van der Waals surface area (Å²) >= 11 is 13.9. The van der Waals surface area contributed by atoms with E-state index in [0.29, 0.717) is 28.7 Å². The lowest BCUT2D eigenvalue weighted by molar-refractivity contribution is 0.0952. The fraction of sp³-hybridized carbons (Fsp3) is 0.125. The third kappa shape index (κ3) is 4.84. The van der Waals surface area contributed by atoms with Crippen molar-refractivity contribution in [3.8, 4) is 0 Å². The molecule has 1 aromatic heterocycles. The summed E-state index contributed by atoms with van der Waals surface area (Å²) in [6.45, 7) is 1.26. The number of rotatable bonds is 7. The minimum absolute atomic E-state index is 0.0544. The van der Waals surface area contributed by atoms with Gasteiger partial charge < -0.3 is 9.88 Å². The predicted molar refractivity (Wildman–Crippen MR) is 127 cm³/mol. The lowest BCUT2D eigenvalue weighted by atomic mass is 10.2. The van der Waals surface area contributed by atoms with Gasteiger partial charge in [-0.3, -0.25) is 4.79 Å². The van der Waals surface area contributed by atoms with Crippen LogP contribution in [-0.4, -0.2) is 17.0 Å². The summed E-state index contributed by atoms with van der Waals surface area (Å²) in [5.74, 6) is 0.747. The van der Waals surface area contributed by atoms with E-state index in [1.807, 2.05) is 60.7 Å². The molecule has 0 bridgehead atoms. The number of halogens is 2. The Kier molecular flexibility index (Phi) is 6.68. The molecular formula is C24H20Cl2N2OS. The molecule has 0 saturated carbocycles. The number of hydrogen-bond donors (Lipinski definition) is 1. The van der Waals surface area contributed by atoms with E-state index in [2.05, 4.69) is 28.2 Å². The molecule has 1 heterocycles. The molecule has 0 radical (unpaired) electrons. The van der Waals surface area contributed by atoms with E-state index in [1.165, 1.54) is 10.3 Å². The van der Waals surface area contributed by atoms with E-state index in [-0.39, 0.29) is 5.91 Å². The number of hydrogen-bond acceptors (Lipinski definition) is 2. The Morgan fingerprint density at radius 3 is 2.50 bits per heavy atom. The van der Waals surface area contributed by atoms with Crippen LogP contribution in [-0.2, 0) is 12.3 Å². The first-order valence-electron chi connectivity index (χ1n) is 9.59. The first-order valence-corrected chi connectivity index (χ1v) is 11.3. The number of thioether (sulfide) groups is 1. The highest BCUT2D eigenvalue weighted by Gasteiger charge is 2.10. The SMILES string of the molecule is O=C(NCCn1cc(SCc2ccc(Cl)c(Cl)c2)c2ccccc21)c1ccccc1. The van der Waals surface area contributed by atoms with Crippen molar-refractivity contribution in [1.29, 1.82) is 0 Å². The molecule has 1 amide bonds. The number of carbonyl (C=O) groups excluding carboxylic acids is 1. The molecule has 0 atom stereocenters. The van der Waals surface area contributed by atoms with Crippen molar-refractivity contribution in [3.63, 3.8) is 0 Å². The molecule has 0 fully saturated rings. The number of para-hydroxylation sites is 1. The van der Waals surface area contributed by atoms with Crippen LogP contribution in [0.3, 0.4) is 0 Å². The van der Waals surface area contributed by atoms with E-state index >= 15 is 0 Å². The van der Waals surface area contributed by atoms with E-state index in [4.69, 9.17) is 23.2 Å². The highest BCUT2D eigenvalue weighted by atomic mass is 35.5. The van der Waals surface area contributed by atoms with Crippen molar-refractivity contribution >= 4 is 51.8 Å². The maximum Gasteiger partial charge on any atom is 0.251 e. The van der Waals surface area contributed by atoms with Gasteiger partial charge in [-0.1, -0.05) is 65.7 Å². The van der Waals surface area contributed by atoms with Crippen LogP contribution in [0.2, 0.25) is 10.0 Å². The number of benzene rings is 3. The standard InChI is InChI=1S/C24H20Cl2N2OS/c25-20-11-10-17(14-21(20)26)16-30-23-15-28(22-9-5-4-8-19(22)23)13-12-27-24(29)18-6-2-1-3-7-18/h1-11,14-15H,12-13,16H2,(H,27,29). The zero-order chi connectivity index (χ0) is 20.9. The largest absolute Gasteiger partial charge is 0.350 e. The van der Waals surface area contributed by atoms with Crippen molar-refractivity contribution in [1.82, 2.24) is 9.88 Å². The van der Waals surface area contributed by atoms with Gasteiger partial charge in [0.15, 0.2) is 0 Å².